The fourth-order valence-corrected chi connectivity index (χ4v) is 3.81. The highest BCUT2D eigenvalue weighted by Crippen LogP contribution is 2.40. The number of ether oxygens (including phenoxy) is 4. The van der Waals surface area contributed by atoms with Gasteiger partial charge in [0.15, 0.2) is 23.0 Å². The molecule has 0 atom stereocenters. The summed E-state index contributed by atoms with van der Waals surface area (Å²) in [5, 5.41) is 0. The van der Waals surface area contributed by atoms with Crippen LogP contribution in [0.1, 0.15) is 53.4 Å². The molecule has 40 heavy (non-hydrogen) atoms. The van der Waals surface area contributed by atoms with Crippen LogP contribution in [0.25, 0.3) is 0 Å². The first-order valence-electron chi connectivity index (χ1n) is 12.5. The Labute approximate surface area is 236 Å². The van der Waals surface area contributed by atoms with Crippen molar-refractivity contribution in [3.05, 3.63) is 40.9 Å². The van der Waals surface area contributed by atoms with E-state index in [-0.39, 0.29) is 35.2 Å². The number of benzene rings is 2. The van der Waals surface area contributed by atoms with Crippen LogP contribution in [0.5, 0.6) is 23.0 Å². The second kappa shape index (κ2) is 11.2. The van der Waals surface area contributed by atoms with Crippen LogP contribution in [0.2, 0.25) is 0 Å². The van der Waals surface area contributed by atoms with E-state index in [4.69, 9.17) is 18.8 Å². The van der Waals surface area contributed by atoms with Gasteiger partial charge in [-0.2, -0.15) is 0 Å². The average Bonchev–Trinajstić information content (AvgIpc) is 3.71. The summed E-state index contributed by atoms with van der Waals surface area (Å²) in [4.78, 5) is 0. The van der Waals surface area contributed by atoms with Crippen molar-refractivity contribution < 1.29 is 54.6 Å². The zero-order valence-electron chi connectivity index (χ0n) is 22.1. The zero-order valence-corrected chi connectivity index (χ0v) is 23.7. The van der Waals surface area contributed by atoms with Gasteiger partial charge < -0.3 is 28.3 Å². The predicted molar refractivity (Wildman–Crippen MR) is 137 cm³/mol. The summed E-state index contributed by atoms with van der Waals surface area (Å²) in [7, 11) is -0.763. The normalized spacial score (nSPS) is 19.9. The predicted octanol–water partition coefficient (Wildman–Crippen LogP) is 7.31. The third kappa shape index (κ3) is 8.59. The highest BCUT2D eigenvalue weighted by atomic mass is 79.9. The Morgan fingerprint density at radius 3 is 1.55 bits per heavy atom. The lowest BCUT2D eigenvalue weighted by Gasteiger charge is -2.32. The topological polar surface area (TPSA) is 55.4 Å². The van der Waals surface area contributed by atoms with E-state index in [9.17, 15) is 26.3 Å². The van der Waals surface area contributed by atoms with Gasteiger partial charge in [-0.3, -0.25) is 0 Å². The number of alkyl halides is 6. The van der Waals surface area contributed by atoms with Crippen LogP contribution in [-0.2, 0) is 9.31 Å². The molecule has 2 aromatic carbocycles. The van der Waals surface area contributed by atoms with Crippen LogP contribution in [0, 0.1) is 0 Å². The van der Waals surface area contributed by atoms with Gasteiger partial charge in [0.1, 0.15) is 0 Å². The summed E-state index contributed by atoms with van der Waals surface area (Å²) in [5.74, 6) is -0.478. The minimum atomic E-state index is -4.80. The molecule has 220 valence electrons. The molecule has 1 saturated heterocycles. The molecule has 0 radical (unpaired) electrons. The third-order valence-electron chi connectivity index (χ3n) is 6.49. The molecule has 2 saturated carbocycles. The fourth-order valence-electron chi connectivity index (χ4n) is 3.47. The highest BCUT2D eigenvalue weighted by Gasteiger charge is 2.52. The van der Waals surface area contributed by atoms with E-state index in [1.807, 2.05) is 27.7 Å². The van der Waals surface area contributed by atoms with Gasteiger partial charge >= 0.3 is 19.8 Å². The lowest BCUT2D eigenvalue weighted by molar-refractivity contribution is -0.276. The van der Waals surface area contributed by atoms with E-state index in [0.29, 0.717) is 9.94 Å². The maximum absolute atomic E-state index is 12.7. The number of hydrogen-bond donors (Lipinski definition) is 0. The summed E-state index contributed by atoms with van der Waals surface area (Å²) in [5.41, 5.74) is -0.700. The molecule has 0 aromatic heterocycles. The van der Waals surface area contributed by atoms with E-state index in [1.54, 1.807) is 12.1 Å². The first-order valence-corrected chi connectivity index (χ1v) is 13.3. The molecule has 1 heterocycles. The van der Waals surface area contributed by atoms with Crippen LogP contribution < -0.4 is 24.4 Å². The minimum Gasteiger partial charge on any atom is -0.487 e. The van der Waals surface area contributed by atoms with Gasteiger partial charge in [0.25, 0.3) is 0 Å². The standard InChI is InChI=1S/C16H20BF3O4.C10H8BrF3O2/c1-14(2)15(3,4)24-17(23-14)10-5-8-12(21-11-6-7-11)13(9-10)22-16(18,19)20;11-6-1-4-8(15-7-2-3-7)9(5-6)16-10(12,13)14/h5,8-9,11H,6-7H2,1-4H3;1,4-5,7H,2-3H2. The lowest BCUT2D eigenvalue weighted by Crippen LogP contribution is -2.41. The summed E-state index contributed by atoms with van der Waals surface area (Å²) >= 11 is 3.08. The Balaban J connectivity index is 0.000000201. The second-order valence-corrected chi connectivity index (χ2v) is 11.5. The zero-order chi connectivity index (χ0) is 29.5. The molecule has 0 spiro atoms. The Morgan fingerprint density at radius 1 is 0.700 bits per heavy atom. The fraction of sp³-hybridized carbons (Fsp3) is 0.538. The second-order valence-electron chi connectivity index (χ2n) is 10.6. The van der Waals surface area contributed by atoms with E-state index in [0.717, 1.165) is 25.7 Å². The molecule has 3 aliphatic rings. The molecule has 14 heteroatoms. The van der Waals surface area contributed by atoms with Crippen LogP contribution in [0.15, 0.2) is 40.9 Å². The first kappa shape index (κ1) is 30.6. The summed E-state index contributed by atoms with van der Waals surface area (Å²) in [6, 6.07) is 8.70. The third-order valence-corrected chi connectivity index (χ3v) is 6.98. The molecule has 0 bridgehead atoms. The van der Waals surface area contributed by atoms with E-state index >= 15 is 0 Å². The van der Waals surface area contributed by atoms with Crippen molar-refractivity contribution in [2.75, 3.05) is 0 Å². The molecule has 1 aliphatic heterocycles. The average molecular weight is 641 g/mol. The quantitative estimate of drug-likeness (QED) is 0.234. The van der Waals surface area contributed by atoms with Crippen LogP contribution in [0.3, 0.4) is 0 Å². The molecular formula is C26H28BBrF6O6. The molecule has 0 N–H and O–H groups in total. The summed E-state index contributed by atoms with van der Waals surface area (Å²) in [6.45, 7) is 7.52. The summed E-state index contributed by atoms with van der Waals surface area (Å²) in [6.07, 6.45) is -6.09. The van der Waals surface area contributed by atoms with Crippen molar-refractivity contribution in [1.82, 2.24) is 0 Å². The van der Waals surface area contributed by atoms with E-state index < -0.39 is 31.0 Å². The Morgan fingerprint density at radius 2 is 1.12 bits per heavy atom. The van der Waals surface area contributed by atoms with E-state index in [2.05, 4.69) is 25.4 Å². The monoisotopic (exact) mass is 640 g/mol. The van der Waals surface area contributed by atoms with Crippen LogP contribution in [0.4, 0.5) is 26.3 Å². The van der Waals surface area contributed by atoms with Gasteiger partial charge in [-0.05, 0) is 89.2 Å². The Hall–Kier alpha value is -2.32. The molecule has 0 amide bonds. The van der Waals surface area contributed by atoms with Crippen LogP contribution >= 0.6 is 15.9 Å². The van der Waals surface area contributed by atoms with Crippen molar-refractivity contribution in [2.24, 2.45) is 0 Å². The first-order chi connectivity index (χ1) is 18.4. The minimum absolute atomic E-state index is 0.0248. The maximum Gasteiger partial charge on any atom is 0.573 e. The molecular weight excluding hydrogens is 613 g/mol. The van der Waals surface area contributed by atoms with E-state index in [1.165, 1.54) is 24.3 Å². The molecule has 6 nitrogen and oxygen atoms in total. The summed E-state index contributed by atoms with van der Waals surface area (Å²) < 4.78 is 105. The van der Waals surface area contributed by atoms with Gasteiger partial charge in [0.2, 0.25) is 0 Å². The number of halogens is 7. The molecule has 5 rings (SSSR count). The van der Waals surface area contributed by atoms with Gasteiger partial charge in [0, 0.05) is 4.47 Å². The Kier molecular flexibility index (Phi) is 8.55. The number of hydrogen-bond acceptors (Lipinski definition) is 6. The van der Waals surface area contributed by atoms with Gasteiger partial charge in [-0.15, -0.1) is 26.3 Å². The maximum atomic E-state index is 12.7. The van der Waals surface area contributed by atoms with Crippen molar-refractivity contribution >= 4 is 28.5 Å². The molecule has 3 fully saturated rings. The lowest BCUT2D eigenvalue weighted by atomic mass is 9.79. The van der Waals surface area contributed by atoms with Gasteiger partial charge in [0.05, 0.1) is 23.4 Å². The van der Waals surface area contributed by atoms with Crippen molar-refractivity contribution in [3.63, 3.8) is 0 Å². The molecule has 2 aliphatic carbocycles. The van der Waals surface area contributed by atoms with Gasteiger partial charge in [-0.25, -0.2) is 0 Å². The van der Waals surface area contributed by atoms with Gasteiger partial charge in [-0.1, -0.05) is 22.0 Å². The molecule has 0 unspecified atom stereocenters. The van der Waals surface area contributed by atoms with Crippen molar-refractivity contribution in [1.29, 1.82) is 0 Å². The highest BCUT2D eigenvalue weighted by molar-refractivity contribution is 9.10. The smallest absolute Gasteiger partial charge is 0.487 e. The van der Waals surface area contributed by atoms with Crippen molar-refractivity contribution in [2.45, 2.75) is 89.5 Å². The molecule has 2 aromatic rings. The number of rotatable bonds is 7. The largest absolute Gasteiger partial charge is 0.573 e. The van der Waals surface area contributed by atoms with Crippen molar-refractivity contribution in [3.8, 4) is 23.0 Å². The van der Waals surface area contributed by atoms with Crippen LogP contribution in [-0.4, -0.2) is 43.3 Å². The Bertz CT molecular complexity index is 1180. The SMILES string of the molecule is CC1(C)OB(c2ccc(OC3CC3)c(OC(F)(F)F)c2)OC1(C)C.FC(F)(F)Oc1cc(Br)ccc1OC1CC1.